The minimum absolute atomic E-state index is 0.0914. The molecule has 150 valence electrons. The van der Waals surface area contributed by atoms with Gasteiger partial charge in [0.2, 0.25) is 10.0 Å². The Kier molecular flexibility index (Phi) is 5.63. The quantitative estimate of drug-likeness (QED) is 0.610. The highest BCUT2D eigenvalue weighted by atomic mass is 35.5. The zero-order valence-corrected chi connectivity index (χ0v) is 17.1. The van der Waals surface area contributed by atoms with Crippen molar-refractivity contribution in [3.8, 4) is 11.3 Å². The Morgan fingerprint density at radius 2 is 1.83 bits per heavy atom. The van der Waals surface area contributed by atoms with Crippen molar-refractivity contribution in [2.24, 2.45) is 0 Å². The Bertz CT molecular complexity index is 1120. The monoisotopic (exact) mass is 431 g/mol. The fourth-order valence-corrected chi connectivity index (χ4v) is 5.36. The molecule has 1 aromatic heterocycles. The summed E-state index contributed by atoms with van der Waals surface area (Å²) in [4.78, 5) is 9.11. The number of sulfonamides is 1. The third-order valence-corrected chi connectivity index (χ3v) is 7.16. The van der Waals surface area contributed by atoms with Crippen molar-refractivity contribution in [2.75, 3.05) is 13.1 Å². The van der Waals surface area contributed by atoms with Gasteiger partial charge in [-0.3, -0.25) is 9.97 Å². The van der Waals surface area contributed by atoms with E-state index in [0.29, 0.717) is 30.2 Å². The Labute approximate surface area is 174 Å². The lowest BCUT2D eigenvalue weighted by Crippen LogP contribution is -2.39. The first-order valence-corrected chi connectivity index (χ1v) is 11.1. The SMILES string of the molecule is O=S(=O)(c1ccc(F)cc1)N1CCCC(c2nccnc2-c2cccc(Cl)c2)C1. The van der Waals surface area contributed by atoms with Gasteiger partial charge in [-0.15, -0.1) is 0 Å². The lowest BCUT2D eigenvalue weighted by atomic mass is 9.92. The Morgan fingerprint density at radius 3 is 2.59 bits per heavy atom. The molecule has 1 saturated heterocycles. The Balaban J connectivity index is 1.65. The Morgan fingerprint density at radius 1 is 1.07 bits per heavy atom. The highest BCUT2D eigenvalue weighted by molar-refractivity contribution is 7.89. The molecule has 0 spiro atoms. The van der Waals surface area contributed by atoms with Crippen LogP contribution in [0.2, 0.25) is 5.02 Å². The van der Waals surface area contributed by atoms with Crippen LogP contribution >= 0.6 is 11.6 Å². The second-order valence-electron chi connectivity index (χ2n) is 6.96. The van der Waals surface area contributed by atoms with E-state index in [2.05, 4.69) is 9.97 Å². The number of hydrogen-bond donors (Lipinski definition) is 0. The van der Waals surface area contributed by atoms with Crippen LogP contribution in [0.15, 0.2) is 65.8 Å². The summed E-state index contributed by atoms with van der Waals surface area (Å²) in [7, 11) is -3.71. The van der Waals surface area contributed by atoms with Crippen LogP contribution in [0.1, 0.15) is 24.5 Å². The predicted octanol–water partition coefficient (Wildman–Crippen LogP) is 4.50. The van der Waals surface area contributed by atoms with Crippen molar-refractivity contribution in [2.45, 2.75) is 23.7 Å². The second kappa shape index (κ2) is 8.18. The fourth-order valence-electron chi connectivity index (χ4n) is 3.65. The second-order valence-corrected chi connectivity index (χ2v) is 9.33. The molecular formula is C21H19ClFN3O2S. The molecule has 0 radical (unpaired) electrons. The molecule has 0 saturated carbocycles. The number of hydrogen-bond acceptors (Lipinski definition) is 4. The molecule has 0 N–H and O–H groups in total. The number of benzene rings is 2. The largest absolute Gasteiger partial charge is 0.257 e. The fraction of sp³-hybridized carbons (Fsp3) is 0.238. The maximum absolute atomic E-state index is 13.2. The third kappa shape index (κ3) is 4.17. The van der Waals surface area contributed by atoms with E-state index in [0.717, 1.165) is 29.8 Å². The summed E-state index contributed by atoms with van der Waals surface area (Å²) in [5, 5.41) is 0.600. The molecule has 1 unspecified atom stereocenters. The summed E-state index contributed by atoms with van der Waals surface area (Å²) in [6.45, 7) is 0.717. The molecule has 1 atom stereocenters. The summed E-state index contributed by atoms with van der Waals surface area (Å²) < 4.78 is 40.7. The van der Waals surface area contributed by atoms with Crippen LogP contribution in [0, 0.1) is 5.82 Å². The van der Waals surface area contributed by atoms with Gasteiger partial charge in [0.25, 0.3) is 0 Å². The summed E-state index contributed by atoms with van der Waals surface area (Å²) in [6.07, 6.45) is 4.75. The van der Waals surface area contributed by atoms with Gasteiger partial charge in [-0.1, -0.05) is 23.7 Å². The van der Waals surface area contributed by atoms with E-state index in [1.54, 1.807) is 18.5 Å². The van der Waals surface area contributed by atoms with Crippen LogP contribution in [0.3, 0.4) is 0 Å². The zero-order chi connectivity index (χ0) is 20.4. The minimum Gasteiger partial charge on any atom is -0.257 e. The molecular weight excluding hydrogens is 413 g/mol. The molecule has 5 nitrogen and oxygen atoms in total. The van der Waals surface area contributed by atoms with Gasteiger partial charge in [0, 0.05) is 42.0 Å². The van der Waals surface area contributed by atoms with Gasteiger partial charge in [0.1, 0.15) is 5.82 Å². The van der Waals surface area contributed by atoms with E-state index in [-0.39, 0.29) is 10.8 Å². The van der Waals surface area contributed by atoms with Crippen molar-refractivity contribution < 1.29 is 12.8 Å². The van der Waals surface area contributed by atoms with E-state index < -0.39 is 15.8 Å². The predicted molar refractivity (Wildman–Crippen MR) is 110 cm³/mol. The molecule has 3 aromatic rings. The number of rotatable bonds is 4. The van der Waals surface area contributed by atoms with Crippen molar-refractivity contribution in [3.63, 3.8) is 0 Å². The summed E-state index contributed by atoms with van der Waals surface area (Å²) in [5.41, 5.74) is 2.31. The third-order valence-electron chi connectivity index (χ3n) is 5.05. The van der Waals surface area contributed by atoms with Crippen molar-refractivity contribution in [1.29, 1.82) is 0 Å². The minimum atomic E-state index is -3.71. The molecule has 1 aliphatic heterocycles. The topological polar surface area (TPSA) is 63.2 Å². The maximum atomic E-state index is 13.2. The van der Waals surface area contributed by atoms with E-state index in [1.807, 2.05) is 18.2 Å². The Hall–Kier alpha value is -2.35. The molecule has 0 aliphatic carbocycles. The van der Waals surface area contributed by atoms with Crippen LogP contribution in [0.5, 0.6) is 0 Å². The molecule has 4 rings (SSSR count). The van der Waals surface area contributed by atoms with Gasteiger partial charge in [0.15, 0.2) is 0 Å². The average molecular weight is 432 g/mol. The molecule has 2 heterocycles. The summed E-state index contributed by atoms with van der Waals surface area (Å²) in [6, 6.07) is 12.3. The molecule has 1 aliphatic rings. The van der Waals surface area contributed by atoms with Crippen molar-refractivity contribution >= 4 is 21.6 Å². The highest BCUT2D eigenvalue weighted by Gasteiger charge is 2.32. The van der Waals surface area contributed by atoms with Crippen molar-refractivity contribution in [3.05, 3.63) is 77.5 Å². The van der Waals surface area contributed by atoms with E-state index in [9.17, 15) is 12.8 Å². The van der Waals surface area contributed by atoms with Gasteiger partial charge in [-0.25, -0.2) is 12.8 Å². The molecule has 0 amide bonds. The first-order valence-electron chi connectivity index (χ1n) is 9.28. The van der Waals surface area contributed by atoms with Gasteiger partial charge in [0.05, 0.1) is 16.3 Å². The van der Waals surface area contributed by atoms with Crippen LogP contribution in [-0.2, 0) is 10.0 Å². The first kappa shape index (κ1) is 19.9. The van der Waals surface area contributed by atoms with Crippen LogP contribution in [0.25, 0.3) is 11.3 Å². The lowest BCUT2D eigenvalue weighted by Gasteiger charge is -2.32. The molecule has 1 fully saturated rings. The van der Waals surface area contributed by atoms with Crippen LogP contribution < -0.4 is 0 Å². The summed E-state index contributed by atoms with van der Waals surface area (Å²) >= 11 is 6.13. The molecule has 2 aromatic carbocycles. The normalized spacial score (nSPS) is 17.9. The van der Waals surface area contributed by atoms with E-state index in [1.165, 1.54) is 16.4 Å². The standard InChI is InChI=1S/C21H19ClFN3O2S/c22-17-5-1-3-15(13-17)20-21(25-11-10-24-20)16-4-2-12-26(14-16)29(27,28)19-8-6-18(23)7-9-19/h1,3,5-11,13,16H,2,4,12,14H2. The maximum Gasteiger partial charge on any atom is 0.243 e. The number of aromatic nitrogens is 2. The van der Waals surface area contributed by atoms with Gasteiger partial charge in [-0.05, 0) is 49.2 Å². The molecule has 8 heteroatoms. The first-order chi connectivity index (χ1) is 13.9. The highest BCUT2D eigenvalue weighted by Crippen LogP contribution is 2.34. The average Bonchev–Trinajstić information content (AvgIpc) is 2.74. The van der Waals surface area contributed by atoms with Gasteiger partial charge in [-0.2, -0.15) is 4.31 Å². The number of piperidine rings is 1. The van der Waals surface area contributed by atoms with Gasteiger partial charge < -0.3 is 0 Å². The van der Waals surface area contributed by atoms with Crippen LogP contribution in [0.4, 0.5) is 4.39 Å². The smallest absolute Gasteiger partial charge is 0.243 e. The molecule has 0 bridgehead atoms. The van der Waals surface area contributed by atoms with Crippen LogP contribution in [-0.4, -0.2) is 35.8 Å². The molecule has 29 heavy (non-hydrogen) atoms. The zero-order valence-electron chi connectivity index (χ0n) is 15.5. The van der Waals surface area contributed by atoms with Crippen molar-refractivity contribution in [1.82, 2.24) is 14.3 Å². The lowest BCUT2D eigenvalue weighted by molar-refractivity contribution is 0.312. The number of nitrogens with zero attached hydrogens (tertiary/aromatic N) is 3. The van der Waals surface area contributed by atoms with E-state index >= 15 is 0 Å². The van der Waals surface area contributed by atoms with Gasteiger partial charge >= 0.3 is 0 Å². The summed E-state index contributed by atoms with van der Waals surface area (Å²) in [5.74, 6) is -0.562. The number of halogens is 2. The van der Waals surface area contributed by atoms with E-state index in [4.69, 9.17) is 11.6 Å².